The lowest BCUT2D eigenvalue weighted by Crippen LogP contribution is -2.56. The molecule has 1 unspecified atom stereocenters. The summed E-state index contributed by atoms with van der Waals surface area (Å²) in [5.74, 6) is -0.818. The molecule has 2 aliphatic rings. The van der Waals surface area contributed by atoms with Crippen molar-refractivity contribution in [1.82, 2.24) is 14.7 Å². The number of amides is 2. The Balaban J connectivity index is 1.80. The number of carboxylic acid groups (broad SMARTS) is 1. The number of hydrogen-bond acceptors (Lipinski definition) is 4. The van der Waals surface area contributed by atoms with Crippen molar-refractivity contribution in [2.24, 2.45) is 5.73 Å². The molecule has 0 spiro atoms. The Kier molecular flexibility index (Phi) is 4.60. The molecule has 19 heavy (non-hydrogen) atoms. The van der Waals surface area contributed by atoms with E-state index < -0.39 is 5.97 Å². The second-order valence-corrected chi connectivity index (χ2v) is 5.29. The highest BCUT2D eigenvalue weighted by Gasteiger charge is 2.28. The molecule has 0 aromatic carbocycles. The third kappa shape index (κ3) is 3.81. The van der Waals surface area contributed by atoms with E-state index in [9.17, 15) is 9.59 Å². The number of piperidine rings is 1. The molecule has 2 amide bonds. The Morgan fingerprint density at radius 2 is 1.79 bits per heavy atom. The van der Waals surface area contributed by atoms with Gasteiger partial charge in [-0.1, -0.05) is 0 Å². The van der Waals surface area contributed by atoms with E-state index in [4.69, 9.17) is 10.8 Å². The molecule has 7 nitrogen and oxygen atoms in total. The number of carbonyl (C=O) groups is 2. The van der Waals surface area contributed by atoms with Crippen molar-refractivity contribution in [2.75, 3.05) is 45.8 Å². The predicted octanol–water partition coefficient (Wildman–Crippen LogP) is -0.768. The number of aliphatic carboxylic acids is 1. The van der Waals surface area contributed by atoms with Gasteiger partial charge >= 0.3 is 12.0 Å². The van der Waals surface area contributed by atoms with E-state index in [1.165, 1.54) is 0 Å². The first-order valence-corrected chi connectivity index (χ1v) is 6.80. The summed E-state index contributed by atoms with van der Waals surface area (Å²) in [7, 11) is 0. The van der Waals surface area contributed by atoms with Gasteiger partial charge in [0.2, 0.25) is 0 Å². The first-order valence-electron chi connectivity index (χ1n) is 6.80. The lowest BCUT2D eigenvalue weighted by atomic mass is 10.1. The van der Waals surface area contributed by atoms with Crippen LogP contribution in [0.5, 0.6) is 0 Å². The fourth-order valence-electron chi connectivity index (χ4n) is 2.67. The van der Waals surface area contributed by atoms with Crippen LogP contribution in [0, 0.1) is 0 Å². The number of nitrogens with two attached hydrogens (primary N) is 1. The molecule has 1 atom stereocenters. The normalized spacial score (nSPS) is 25.4. The summed E-state index contributed by atoms with van der Waals surface area (Å²) in [4.78, 5) is 28.4. The average Bonchev–Trinajstić information content (AvgIpc) is 2.38. The van der Waals surface area contributed by atoms with Crippen LogP contribution >= 0.6 is 0 Å². The lowest BCUT2D eigenvalue weighted by Gasteiger charge is -2.39. The number of hydrogen-bond donors (Lipinski definition) is 2. The molecule has 2 heterocycles. The Morgan fingerprint density at radius 1 is 1.11 bits per heavy atom. The topological polar surface area (TPSA) is 90.1 Å². The maximum atomic E-state index is 12.3. The molecule has 0 aromatic heterocycles. The van der Waals surface area contributed by atoms with Gasteiger partial charge in [0.05, 0.1) is 6.54 Å². The predicted molar refractivity (Wildman–Crippen MR) is 69.8 cm³/mol. The Morgan fingerprint density at radius 3 is 2.37 bits per heavy atom. The number of piperazine rings is 1. The van der Waals surface area contributed by atoms with Gasteiger partial charge in [-0.25, -0.2) is 4.79 Å². The quantitative estimate of drug-likeness (QED) is 0.688. The van der Waals surface area contributed by atoms with Gasteiger partial charge < -0.3 is 20.6 Å². The van der Waals surface area contributed by atoms with E-state index in [1.54, 1.807) is 4.90 Å². The molecule has 2 saturated heterocycles. The summed E-state index contributed by atoms with van der Waals surface area (Å²) < 4.78 is 0. The molecule has 2 rings (SSSR count). The van der Waals surface area contributed by atoms with Crippen LogP contribution in [-0.2, 0) is 4.79 Å². The number of nitrogens with zero attached hydrogens (tertiary/aromatic N) is 3. The van der Waals surface area contributed by atoms with Crippen molar-refractivity contribution in [3.05, 3.63) is 0 Å². The summed E-state index contributed by atoms with van der Waals surface area (Å²) in [5.41, 5.74) is 5.88. The van der Waals surface area contributed by atoms with Crippen molar-refractivity contribution in [1.29, 1.82) is 0 Å². The molecule has 0 bridgehead atoms. The second-order valence-electron chi connectivity index (χ2n) is 5.29. The van der Waals surface area contributed by atoms with Crippen LogP contribution < -0.4 is 5.73 Å². The number of carboxylic acids is 1. The zero-order chi connectivity index (χ0) is 13.8. The molecule has 0 aromatic rings. The summed E-state index contributed by atoms with van der Waals surface area (Å²) in [6.07, 6.45) is 1.95. The van der Waals surface area contributed by atoms with Crippen LogP contribution in [0.4, 0.5) is 4.79 Å². The number of likely N-dealkylation sites (tertiary alicyclic amines) is 1. The third-order valence-electron chi connectivity index (χ3n) is 3.73. The van der Waals surface area contributed by atoms with Crippen LogP contribution in [0.1, 0.15) is 12.8 Å². The van der Waals surface area contributed by atoms with Crippen molar-refractivity contribution in [3.63, 3.8) is 0 Å². The van der Waals surface area contributed by atoms with E-state index >= 15 is 0 Å². The zero-order valence-electron chi connectivity index (χ0n) is 11.1. The highest BCUT2D eigenvalue weighted by Crippen LogP contribution is 2.12. The first-order chi connectivity index (χ1) is 9.06. The maximum absolute atomic E-state index is 12.3. The summed E-state index contributed by atoms with van der Waals surface area (Å²) >= 11 is 0. The highest BCUT2D eigenvalue weighted by atomic mass is 16.4. The van der Waals surface area contributed by atoms with Gasteiger partial charge in [0.15, 0.2) is 0 Å². The number of carbonyl (C=O) groups excluding carboxylic acids is 1. The summed E-state index contributed by atoms with van der Waals surface area (Å²) in [6, 6.07) is 0.135. The molecule has 108 valence electrons. The SMILES string of the molecule is NC1CCCN(C(=O)N2CCN(CC(=O)O)CC2)C1. The maximum Gasteiger partial charge on any atom is 0.320 e. The number of urea groups is 1. The molecular weight excluding hydrogens is 248 g/mol. The minimum absolute atomic E-state index is 0.0464. The lowest BCUT2D eigenvalue weighted by molar-refractivity contribution is -0.138. The van der Waals surface area contributed by atoms with Crippen molar-refractivity contribution < 1.29 is 14.7 Å². The smallest absolute Gasteiger partial charge is 0.320 e. The average molecular weight is 270 g/mol. The van der Waals surface area contributed by atoms with E-state index in [2.05, 4.69) is 0 Å². The van der Waals surface area contributed by atoms with E-state index in [1.807, 2.05) is 9.80 Å². The molecule has 7 heteroatoms. The Bertz CT molecular complexity index is 342. The molecule has 0 aliphatic carbocycles. The number of rotatable bonds is 2. The van der Waals surface area contributed by atoms with Crippen LogP contribution in [-0.4, -0.2) is 83.7 Å². The highest BCUT2D eigenvalue weighted by molar-refractivity contribution is 5.75. The summed E-state index contributed by atoms with van der Waals surface area (Å²) in [6.45, 7) is 3.90. The van der Waals surface area contributed by atoms with Gasteiger partial charge in [-0.2, -0.15) is 0 Å². The first kappa shape index (κ1) is 14.1. The summed E-state index contributed by atoms with van der Waals surface area (Å²) in [5, 5.41) is 8.73. The van der Waals surface area contributed by atoms with E-state index in [-0.39, 0.29) is 18.6 Å². The minimum Gasteiger partial charge on any atom is -0.480 e. The second kappa shape index (κ2) is 6.21. The molecule has 0 radical (unpaired) electrons. The minimum atomic E-state index is -0.818. The Labute approximate surface area is 112 Å². The van der Waals surface area contributed by atoms with Crippen molar-refractivity contribution in [2.45, 2.75) is 18.9 Å². The monoisotopic (exact) mass is 270 g/mol. The molecule has 2 fully saturated rings. The van der Waals surface area contributed by atoms with Gasteiger partial charge in [0.25, 0.3) is 0 Å². The molecule has 0 saturated carbocycles. The van der Waals surface area contributed by atoms with Crippen LogP contribution in [0.25, 0.3) is 0 Å². The van der Waals surface area contributed by atoms with Gasteiger partial charge in [-0.3, -0.25) is 9.69 Å². The molecular formula is C12H22N4O3. The van der Waals surface area contributed by atoms with Crippen molar-refractivity contribution in [3.8, 4) is 0 Å². The standard InChI is InChI=1S/C12H22N4O3/c13-10-2-1-3-16(8-10)12(19)15-6-4-14(5-7-15)9-11(17)18/h10H,1-9,13H2,(H,17,18). The van der Waals surface area contributed by atoms with Crippen molar-refractivity contribution >= 4 is 12.0 Å². The van der Waals surface area contributed by atoms with Gasteiger partial charge in [0.1, 0.15) is 0 Å². The van der Waals surface area contributed by atoms with E-state index in [0.29, 0.717) is 32.7 Å². The molecule has 3 N–H and O–H groups in total. The fourth-order valence-corrected chi connectivity index (χ4v) is 2.67. The fraction of sp³-hybridized carbons (Fsp3) is 0.833. The Hall–Kier alpha value is -1.34. The van der Waals surface area contributed by atoms with Gasteiger partial charge in [-0.15, -0.1) is 0 Å². The van der Waals surface area contributed by atoms with Gasteiger partial charge in [0, 0.05) is 45.3 Å². The van der Waals surface area contributed by atoms with E-state index in [0.717, 1.165) is 19.4 Å². The third-order valence-corrected chi connectivity index (χ3v) is 3.73. The van der Waals surface area contributed by atoms with Crippen LogP contribution in [0.3, 0.4) is 0 Å². The van der Waals surface area contributed by atoms with Crippen LogP contribution in [0.2, 0.25) is 0 Å². The van der Waals surface area contributed by atoms with Gasteiger partial charge in [-0.05, 0) is 12.8 Å². The molecule has 2 aliphatic heterocycles. The largest absolute Gasteiger partial charge is 0.480 e. The van der Waals surface area contributed by atoms with Crippen LogP contribution in [0.15, 0.2) is 0 Å². The zero-order valence-corrected chi connectivity index (χ0v) is 11.1.